The monoisotopic (exact) mass is 421 g/mol. The second kappa shape index (κ2) is 7.22. The van der Waals surface area contributed by atoms with E-state index in [0.717, 1.165) is 0 Å². The highest BCUT2D eigenvalue weighted by Crippen LogP contribution is 2.31. The quantitative estimate of drug-likeness (QED) is 0.737. The van der Waals surface area contributed by atoms with Crippen molar-refractivity contribution in [2.75, 3.05) is 18.6 Å². The molecule has 0 fully saturated rings. The molecule has 1 N–H and O–H groups in total. The Bertz CT molecular complexity index is 663. The van der Waals surface area contributed by atoms with Crippen molar-refractivity contribution < 1.29 is 17.4 Å². The first-order valence-corrected chi connectivity index (χ1v) is 10.4. The normalized spacial score (nSPS) is 13.0. The number of hydrogen-bond acceptors (Lipinski definition) is 4. The van der Waals surface area contributed by atoms with Crippen LogP contribution in [0.2, 0.25) is 5.02 Å². The van der Waals surface area contributed by atoms with Gasteiger partial charge in [-0.1, -0.05) is 27.5 Å². The maximum Gasteiger partial charge on any atom is 0.262 e. The molecular weight excluding hydrogens is 413 g/mol. The fourth-order valence-corrected chi connectivity index (χ4v) is 3.88. The van der Waals surface area contributed by atoms with Crippen molar-refractivity contribution in [3.63, 3.8) is 0 Å². The van der Waals surface area contributed by atoms with Crippen molar-refractivity contribution >= 4 is 64.0 Å². The Morgan fingerprint density at radius 1 is 1.45 bits per heavy atom. The molecule has 1 amide bonds. The van der Waals surface area contributed by atoms with E-state index in [-0.39, 0.29) is 27.8 Å². The predicted molar refractivity (Wildman–Crippen MR) is 83.5 cm³/mol. The lowest BCUT2D eigenvalue weighted by atomic mass is 10.2. The molecule has 20 heavy (non-hydrogen) atoms. The zero-order chi connectivity index (χ0) is 15.5. The highest BCUT2D eigenvalue weighted by molar-refractivity contribution is 9.10. The van der Waals surface area contributed by atoms with E-state index in [1.165, 1.54) is 18.4 Å². The van der Waals surface area contributed by atoms with Crippen LogP contribution in [0.15, 0.2) is 21.5 Å². The van der Waals surface area contributed by atoms with Gasteiger partial charge in [0.25, 0.3) is 15.0 Å². The van der Waals surface area contributed by atoms with E-state index < -0.39 is 25.8 Å². The smallest absolute Gasteiger partial charge is 0.262 e. The Balaban J connectivity index is 3.10. The van der Waals surface area contributed by atoms with Gasteiger partial charge in [0.1, 0.15) is 4.90 Å². The lowest BCUT2D eigenvalue weighted by Gasteiger charge is -2.09. The minimum atomic E-state index is -4.06. The van der Waals surface area contributed by atoms with Crippen molar-refractivity contribution in [2.45, 2.75) is 4.90 Å². The van der Waals surface area contributed by atoms with Crippen molar-refractivity contribution in [1.29, 1.82) is 0 Å². The summed E-state index contributed by atoms with van der Waals surface area (Å²) in [4.78, 5) is 11.6. The van der Waals surface area contributed by atoms with E-state index in [0.29, 0.717) is 4.47 Å². The Labute approximate surface area is 137 Å². The summed E-state index contributed by atoms with van der Waals surface area (Å²) in [5.74, 6) is -0.277. The molecule has 10 heteroatoms. The zero-order valence-electron chi connectivity index (χ0n) is 10.2. The number of amides is 1. The van der Waals surface area contributed by atoms with Gasteiger partial charge in [-0.05, 0) is 12.1 Å². The van der Waals surface area contributed by atoms with Gasteiger partial charge >= 0.3 is 0 Å². The molecule has 0 saturated carbocycles. The molecule has 0 aliphatic carbocycles. The van der Waals surface area contributed by atoms with Crippen LogP contribution in [-0.2, 0) is 19.9 Å². The van der Waals surface area contributed by atoms with Crippen molar-refractivity contribution in [1.82, 2.24) is 5.32 Å². The number of carbonyl (C=O) groups excluding carboxylic acids is 1. The minimum absolute atomic E-state index is 0.0258. The van der Waals surface area contributed by atoms with E-state index in [1.807, 2.05) is 0 Å². The first-order chi connectivity index (χ1) is 9.12. The summed E-state index contributed by atoms with van der Waals surface area (Å²) in [5.41, 5.74) is -0.0258. The number of carbonyl (C=O) groups is 1. The van der Waals surface area contributed by atoms with E-state index in [9.17, 15) is 17.4 Å². The molecule has 1 unspecified atom stereocenters. The van der Waals surface area contributed by atoms with Gasteiger partial charge in [-0.15, -0.1) is 0 Å². The van der Waals surface area contributed by atoms with Gasteiger partial charge in [-0.25, -0.2) is 8.42 Å². The molecule has 0 heterocycles. The average Bonchev–Trinajstić information content (AvgIpc) is 2.29. The third kappa shape index (κ3) is 5.00. The zero-order valence-corrected chi connectivity index (χ0v) is 14.9. The first kappa shape index (κ1) is 17.9. The lowest BCUT2D eigenvalue weighted by Crippen LogP contribution is -2.28. The van der Waals surface area contributed by atoms with Crippen molar-refractivity contribution in [3.8, 4) is 0 Å². The van der Waals surface area contributed by atoms with Crippen LogP contribution in [0, 0.1) is 0 Å². The molecule has 0 spiro atoms. The Kier molecular flexibility index (Phi) is 6.46. The Morgan fingerprint density at radius 3 is 2.55 bits per heavy atom. The molecule has 0 radical (unpaired) electrons. The standard InChI is InChI=1S/C10H10BrCl2NO4S2/c1-19(16)3-2-14-10(15)7-4-6(11)5-8(9(7)12)20(13,17)18/h4-5H,2-3H2,1H3,(H,14,15). The molecule has 0 aromatic heterocycles. The summed E-state index contributed by atoms with van der Waals surface area (Å²) in [6.07, 6.45) is 1.51. The lowest BCUT2D eigenvalue weighted by molar-refractivity contribution is 0.0956. The van der Waals surface area contributed by atoms with Gasteiger partial charge in [0, 0.05) is 44.5 Å². The third-order valence-corrected chi connectivity index (χ3v) is 5.29. The van der Waals surface area contributed by atoms with Crippen LogP contribution in [0.1, 0.15) is 10.4 Å². The number of benzene rings is 1. The molecule has 1 atom stereocenters. The van der Waals surface area contributed by atoms with Crippen LogP contribution >= 0.6 is 38.2 Å². The van der Waals surface area contributed by atoms with E-state index in [2.05, 4.69) is 21.2 Å². The van der Waals surface area contributed by atoms with E-state index in [4.69, 9.17) is 22.3 Å². The molecular formula is C10H10BrCl2NO4S2. The highest BCUT2D eigenvalue weighted by atomic mass is 79.9. The van der Waals surface area contributed by atoms with Gasteiger partial charge in [-0.2, -0.15) is 0 Å². The van der Waals surface area contributed by atoms with Crippen LogP contribution < -0.4 is 5.32 Å². The summed E-state index contributed by atoms with van der Waals surface area (Å²) in [6, 6.07) is 2.59. The summed E-state index contributed by atoms with van der Waals surface area (Å²) in [6.45, 7) is 0.188. The molecule has 0 aliphatic heterocycles. The van der Waals surface area contributed by atoms with Gasteiger partial charge in [0.05, 0.1) is 10.6 Å². The number of rotatable bonds is 5. The van der Waals surface area contributed by atoms with Crippen LogP contribution in [-0.4, -0.2) is 37.1 Å². The summed E-state index contributed by atoms with van der Waals surface area (Å²) in [7, 11) is 0.149. The van der Waals surface area contributed by atoms with Gasteiger partial charge in [-0.3, -0.25) is 9.00 Å². The summed E-state index contributed by atoms with van der Waals surface area (Å²) >= 11 is 8.99. The predicted octanol–water partition coefficient (Wildman–Crippen LogP) is 2.14. The molecule has 1 aromatic rings. The minimum Gasteiger partial charge on any atom is -0.351 e. The second-order valence-electron chi connectivity index (χ2n) is 3.74. The molecule has 0 saturated heterocycles. The maximum absolute atomic E-state index is 11.9. The Hall–Kier alpha value is -0.150. The average molecular weight is 423 g/mol. The fraction of sp³-hybridized carbons (Fsp3) is 0.300. The van der Waals surface area contributed by atoms with Crippen LogP contribution in [0.4, 0.5) is 0 Å². The molecule has 1 aromatic carbocycles. The molecule has 112 valence electrons. The number of halogens is 3. The number of hydrogen-bond donors (Lipinski definition) is 1. The Morgan fingerprint density at radius 2 is 2.05 bits per heavy atom. The van der Waals surface area contributed by atoms with Gasteiger partial charge < -0.3 is 5.32 Å². The second-order valence-corrected chi connectivity index (χ2v) is 9.12. The van der Waals surface area contributed by atoms with Gasteiger partial charge in [0.2, 0.25) is 0 Å². The highest BCUT2D eigenvalue weighted by Gasteiger charge is 2.22. The molecule has 0 bridgehead atoms. The van der Waals surface area contributed by atoms with E-state index >= 15 is 0 Å². The van der Waals surface area contributed by atoms with Crippen LogP contribution in [0.3, 0.4) is 0 Å². The molecule has 5 nitrogen and oxygen atoms in total. The SMILES string of the molecule is CS(=O)CCNC(=O)c1cc(Br)cc(S(=O)(=O)Cl)c1Cl. The van der Waals surface area contributed by atoms with Gasteiger partial charge in [0.15, 0.2) is 0 Å². The number of nitrogens with one attached hydrogen (secondary N) is 1. The van der Waals surface area contributed by atoms with E-state index in [1.54, 1.807) is 0 Å². The van der Waals surface area contributed by atoms with Crippen LogP contribution in [0.5, 0.6) is 0 Å². The topological polar surface area (TPSA) is 80.3 Å². The first-order valence-electron chi connectivity index (χ1n) is 5.15. The fourth-order valence-electron chi connectivity index (χ4n) is 1.31. The molecule has 1 rings (SSSR count). The van der Waals surface area contributed by atoms with Crippen LogP contribution in [0.25, 0.3) is 0 Å². The largest absolute Gasteiger partial charge is 0.351 e. The summed E-state index contributed by atoms with van der Waals surface area (Å²) in [5, 5.41) is 2.25. The maximum atomic E-state index is 11.9. The molecule has 0 aliphatic rings. The van der Waals surface area contributed by atoms with Crippen molar-refractivity contribution in [3.05, 3.63) is 27.2 Å². The van der Waals surface area contributed by atoms with Crippen molar-refractivity contribution in [2.24, 2.45) is 0 Å². The summed E-state index contributed by atoms with van der Waals surface area (Å²) < 4.78 is 34.0. The third-order valence-electron chi connectivity index (χ3n) is 2.19.